The number of hydrogen-bond acceptors (Lipinski definition) is 4. The van der Waals surface area contributed by atoms with Crippen molar-refractivity contribution in [3.05, 3.63) is 23.8 Å². The summed E-state index contributed by atoms with van der Waals surface area (Å²) in [5.41, 5.74) is 0.202. The Bertz CT molecular complexity index is 501. The zero-order valence-electron chi connectivity index (χ0n) is 9.88. The van der Waals surface area contributed by atoms with E-state index in [-0.39, 0.29) is 23.0 Å². The molecule has 0 aromatic heterocycles. The Kier molecular flexibility index (Phi) is 3.10. The highest BCUT2D eigenvalue weighted by Gasteiger charge is 2.30. The maximum Gasteiger partial charge on any atom is 0.252 e. The minimum atomic E-state index is -0.515. The number of nitrogens with one attached hydrogen (secondary N) is 1. The molecule has 0 aliphatic carbocycles. The lowest BCUT2D eigenvalue weighted by atomic mass is 10.1. The summed E-state index contributed by atoms with van der Waals surface area (Å²) in [6.07, 6.45) is 0.575. The molecule has 0 bridgehead atoms. The molecule has 1 unspecified atom stereocenters. The summed E-state index contributed by atoms with van der Waals surface area (Å²) in [7, 11) is 1.68. The average molecular weight is 250 g/mol. The van der Waals surface area contributed by atoms with Crippen molar-refractivity contribution in [1.82, 2.24) is 10.2 Å². The van der Waals surface area contributed by atoms with Crippen LogP contribution in [-0.2, 0) is 4.79 Å². The molecule has 18 heavy (non-hydrogen) atoms. The lowest BCUT2D eigenvalue weighted by Crippen LogP contribution is -2.40. The van der Waals surface area contributed by atoms with Gasteiger partial charge >= 0.3 is 0 Å². The minimum absolute atomic E-state index is 0.119. The summed E-state index contributed by atoms with van der Waals surface area (Å²) in [4.78, 5) is 25.0. The molecule has 2 rings (SSSR count). The van der Waals surface area contributed by atoms with Crippen LogP contribution < -0.4 is 5.32 Å². The van der Waals surface area contributed by atoms with E-state index in [1.807, 2.05) is 0 Å². The van der Waals surface area contributed by atoms with Crippen molar-refractivity contribution in [1.29, 1.82) is 0 Å². The molecule has 1 atom stereocenters. The van der Waals surface area contributed by atoms with Gasteiger partial charge in [-0.25, -0.2) is 0 Å². The number of amides is 2. The predicted octanol–water partition coefficient (Wildman–Crippen LogP) is 0.0583. The normalized spacial score (nSPS) is 19.1. The highest BCUT2D eigenvalue weighted by atomic mass is 16.3. The SMILES string of the molecule is CN1CCC(NC(=O)c2ccc(O)c(O)c2)C1=O. The van der Waals surface area contributed by atoms with Gasteiger partial charge in [0, 0.05) is 19.2 Å². The summed E-state index contributed by atoms with van der Waals surface area (Å²) >= 11 is 0. The second-order valence-corrected chi connectivity index (χ2v) is 4.28. The average Bonchev–Trinajstić information content (AvgIpc) is 2.64. The molecule has 3 N–H and O–H groups in total. The van der Waals surface area contributed by atoms with Gasteiger partial charge in [0.15, 0.2) is 11.5 Å². The van der Waals surface area contributed by atoms with Crippen LogP contribution in [0.2, 0.25) is 0 Å². The van der Waals surface area contributed by atoms with Gasteiger partial charge in [-0.3, -0.25) is 9.59 Å². The standard InChI is InChI=1S/C12H14N2O4/c1-14-5-4-8(12(14)18)13-11(17)7-2-3-9(15)10(16)6-7/h2-3,6,8,15-16H,4-5H2,1H3,(H,13,17). The highest BCUT2D eigenvalue weighted by molar-refractivity contribution is 5.98. The number of likely N-dealkylation sites (tertiary alicyclic amines) is 1. The van der Waals surface area contributed by atoms with Gasteiger partial charge in [0.1, 0.15) is 6.04 Å². The van der Waals surface area contributed by atoms with Crippen molar-refractivity contribution in [2.24, 2.45) is 0 Å². The molecule has 2 amide bonds. The fourth-order valence-electron chi connectivity index (χ4n) is 1.86. The Balaban J connectivity index is 2.08. The van der Waals surface area contributed by atoms with Crippen molar-refractivity contribution in [2.75, 3.05) is 13.6 Å². The Morgan fingerprint density at radius 3 is 2.67 bits per heavy atom. The Labute approximate surface area is 104 Å². The third-order valence-electron chi connectivity index (χ3n) is 2.97. The fourth-order valence-corrected chi connectivity index (χ4v) is 1.86. The first-order valence-corrected chi connectivity index (χ1v) is 5.57. The molecule has 1 aromatic carbocycles. The summed E-state index contributed by atoms with van der Waals surface area (Å²) < 4.78 is 0. The van der Waals surface area contributed by atoms with Crippen LogP contribution in [0.4, 0.5) is 0 Å². The highest BCUT2D eigenvalue weighted by Crippen LogP contribution is 2.24. The zero-order chi connectivity index (χ0) is 13.3. The Hall–Kier alpha value is -2.24. The number of aromatic hydroxyl groups is 2. The molecule has 6 heteroatoms. The second-order valence-electron chi connectivity index (χ2n) is 4.28. The molecule has 1 heterocycles. The lowest BCUT2D eigenvalue weighted by Gasteiger charge is -2.12. The third-order valence-corrected chi connectivity index (χ3v) is 2.97. The van der Waals surface area contributed by atoms with E-state index in [2.05, 4.69) is 5.32 Å². The number of likely N-dealkylation sites (N-methyl/N-ethyl adjacent to an activating group) is 1. The molecule has 6 nitrogen and oxygen atoms in total. The van der Waals surface area contributed by atoms with Crippen LogP contribution in [0.1, 0.15) is 16.8 Å². The van der Waals surface area contributed by atoms with Crippen LogP contribution in [-0.4, -0.2) is 46.6 Å². The third kappa shape index (κ3) is 2.22. The maximum absolute atomic E-state index is 11.8. The minimum Gasteiger partial charge on any atom is -0.504 e. The first kappa shape index (κ1) is 12.2. The van der Waals surface area contributed by atoms with Crippen molar-refractivity contribution < 1.29 is 19.8 Å². The van der Waals surface area contributed by atoms with Crippen molar-refractivity contribution in [3.8, 4) is 11.5 Å². The smallest absolute Gasteiger partial charge is 0.252 e. The number of nitrogens with zero attached hydrogens (tertiary/aromatic N) is 1. The van der Waals surface area contributed by atoms with Gasteiger partial charge in [0.2, 0.25) is 5.91 Å². The van der Waals surface area contributed by atoms with Gasteiger partial charge in [-0.2, -0.15) is 0 Å². The zero-order valence-corrected chi connectivity index (χ0v) is 9.88. The molecular formula is C12H14N2O4. The molecular weight excluding hydrogens is 236 g/mol. The van der Waals surface area contributed by atoms with Gasteiger partial charge in [-0.15, -0.1) is 0 Å². The second kappa shape index (κ2) is 4.56. The van der Waals surface area contributed by atoms with E-state index in [9.17, 15) is 14.7 Å². The van der Waals surface area contributed by atoms with E-state index >= 15 is 0 Å². The van der Waals surface area contributed by atoms with Gasteiger partial charge in [-0.1, -0.05) is 0 Å². The number of rotatable bonds is 2. The molecule has 0 spiro atoms. The Morgan fingerprint density at radius 1 is 1.39 bits per heavy atom. The summed E-state index contributed by atoms with van der Waals surface area (Å²) in [5, 5.41) is 21.0. The van der Waals surface area contributed by atoms with E-state index in [1.54, 1.807) is 11.9 Å². The predicted molar refractivity (Wildman–Crippen MR) is 63.3 cm³/mol. The molecule has 1 aliphatic heterocycles. The van der Waals surface area contributed by atoms with E-state index in [0.717, 1.165) is 6.07 Å². The van der Waals surface area contributed by atoms with Crippen LogP contribution >= 0.6 is 0 Å². The summed E-state index contributed by atoms with van der Waals surface area (Å²) in [6.45, 7) is 0.616. The molecule has 1 saturated heterocycles. The molecule has 1 fully saturated rings. The maximum atomic E-state index is 11.8. The number of phenolic OH excluding ortho intramolecular Hbond substituents is 2. The summed E-state index contributed by atoms with van der Waals surface area (Å²) in [6, 6.07) is 3.26. The van der Waals surface area contributed by atoms with Gasteiger partial charge in [-0.05, 0) is 24.6 Å². The van der Waals surface area contributed by atoms with Crippen molar-refractivity contribution in [3.63, 3.8) is 0 Å². The van der Waals surface area contributed by atoms with Crippen LogP contribution in [0.15, 0.2) is 18.2 Å². The first-order chi connectivity index (χ1) is 8.49. The van der Waals surface area contributed by atoms with Crippen molar-refractivity contribution >= 4 is 11.8 Å². The van der Waals surface area contributed by atoms with E-state index in [0.29, 0.717) is 13.0 Å². The quantitative estimate of drug-likeness (QED) is 0.647. The molecule has 1 aromatic rings. The number of carbonyl (C=O) groups excluding carboxylic acids is 2. The first-order valence-electron chi connectivity index (χ1n) is 5.57. The number of hydrogen-bond donors (Lipinski definition) is 3. The Morgan fingerprint density at radius 2 is 2.11 bits per heavy atom. The number of carbonyl (C=O) groups is 2. The monoisotopic (exact) mass is 250 g/mol. The molecule has 96 valence electrons. The van der Waals surface area contributed by atoms with Crippen LogP contribution in [0.5, 0.6) is 11.5 Å². The lowest BCUT2D eigenvalue weighted by molar-refractivity contribution is -0.128. The van der Waals surface area contributed by atoms with Crippen LogP contribution in [0, 0.1) is 0 Å². The molecule has 0 saturated carbocycles. The molecule has 0 radical (unpaired) electrons. The van der Waals surface area contributed by atoms with E-state index < -0.39 is 11.9 Å². The van der Waals surface area contributed by atoms with Gasteiger partial charge < -0.3 is 20.4 Å². The largest absolute Gasteiger partial charge is 0.504 e. The van der Waals surface area contributed by atoms with Gasteiger partial charge in [0.05, 0.1) is 0 Å². The number of benzene rings is 1. The fraction of sp³-hybridized carbons (Fsp3) is 0.333. The van der Waals surface area contributed by atoms with E-state index in [4.69, 9.17) is 5.11 Å². The van der Waals surface area contributed by atoms with Crippen LogP contribution in [0.3, 0.4) is 0 Å². The van der Waals surface area contributed by atoms with Gasteiger partial charge in [0.25, 0.3) is 5.91 Å². The van der Waals surface area contributed by atoms with E-state index in [1.165, 1.54) is 12.1 Å². The number of phenols is 2. The van der Waals surface area contributed by atoms with Crippen LogP contribution in [0.25, 0.3) is 0 Å². The summed E-state index contributed by atoms with van der Waals surface area (Å²) in [5.74, 6) is -1.22. The molecule has 1 aliphatic rings. The van der Waals surface area contributed by atoms with Crippen molar-refractivity contribution in [2.45, 2.75) is 12.5 Å². The topological polar surface area (TPSA) is 89.9 Å².